The van der Waals surface area contributed by atoms with Crippen molar-refractivity contribution in [3.05, 3.63) is 29.8 Å². The zero-order valence-electron chi connectivity index (χ0n) is 14.3. The predicted octanol–water partition coefficient (Wildman–Crippen LogP) is 3.31. The molecule has 6 heteroatoms. The monoisotopic (exact) mass is 334 g/mol. The third kappa shape index (κ3) is 7.37. The van der Waals surface area contributed by atoms with Crippen LogP contribution in [0, 0.1) is 5.92 Å². The van der Waals surface area contributed by atoms with Gasteiger partial charge in [0, 0.05) is 30.0 Å². The molecule has 0 bridgehead atoms. The highest BCUT2D eigenvalue weighted by atomic mass is 16.5. The molecule has 0 radical (unpaired) electrons. The molecule has 0 aliphatic carbocycles. The maximum atomic E-state index is 11.9. The second-order valence-electron chi connectivity index (χ2n) is 6.09. The second kappa shape index (κ2) is 10.5. The Bertz CT molecular complexity index is 553. The van der Waals surface area contributed by atoms with E-state index in [0.717, 1.165) is 19.3 Å². The van der Waals surface area contributed by atoms with Gasteiger partial charge in [0.2, 0.25) is 11.8 Å². The van der Waals surface area contributed by atoms with E-state index in [0.29, 0.717) is 30.5 Å². The quantitative estimate of drug-likeness (QED) is 0.265. The van der Waals surface area contributed by atoms with E-state index < -0.39 is 0 Å². The van der Waals surface area contributed by atoms with Gasteiger partial charge in [0.15, 0.2) is 5.78 Å². The number of carbonyl (C=O) groups excluding carboxylic acids is 3. The molecular weight excluding hydrogens is 308 g/mol. The van der Waals surface area contributed by atoms with E-state index in [2.05, 4.69) is 5.32 Å². The predicted molar refractivity (Wildman–Crippen MR) is 91.9 cm³/mol. The summed E-state index contributed by atoms with van der Waals surface area (Å²) in [5, 5.41) is 11.2. The van der Waals surface area contributed by atoms with Crippen LogP contribution >= 0.6 is 0 Å². The molecule has 0 fully saturated rings. The topological polar surface area (TPSA) is 95.5 Å². The van der Waals surface area contributed by atoms with E-state index in [1.54, 1.807) is 29.7 Å². The zero-order chi connectivity index (χ0) is 17.9. The van der Waals surface area contributed by atoms with Crippen LogP contribution < -0.4 is 10.8 Å². The molecule has 24 heavy (non-hydrogen) atoms. The summed E-state index contributed by atoms with van der Waals surface area (Å²) in [6.07, 6.45) is 3.85. The molecule has 0 aromatic heterocycles. The van der Waals surface area contributed by atoms with E-state index in [1.165, 1.54) is 0 Å². The lowest BCUT2D eigenvalue weighted by Crippen LogP contribution is -2.17. The van der Waals surface area contributed by atoms with Crippen LogP contribution in [0.4, 0.5) is 5.69 Å². The molecule has 0 unspecified atom stereocenters. The Kier molecular flexibility index (Phi) is 8.71. The largest absolute Gasteiger partial charge is 0.326 e. The smallest absolute Gasteiger partial charge is 0.243 e. The van der Waals surface area contributed by atoms with Crippen molar-refractivity contribution in [2.45, 2.75) is 52.4 Å². The number of benzene rings is 1. The Morgan fingerprint density at radius 3 is 1.96 bits per heavy atom. The fourth-order valence-corrected chi connectivity index (χ4v) is 2.26. The van der Waals surface area contributed by atoms with Gasteiger partial charge >= 0.3 is 0 Å². The first-order valence-electron chi connectivity index (χ1n) is 8.31. The molecule has 1 rings (SSSR count). The number of ketones is 1. The Hall–Kier alpha value is -2.21. The molecule has 0 aliphatic rings. The summed E-state index contributed by atoms with van der Waals surface area (Å²) in [6, 6.07) is 6.93. The van der Waals surface area contributed by atoms with Crippen LogP contribution in [0.5, 0.6) is 0 Å². The van der Waals surface area contributed by atoms with Crippen molar-refractivity contribution in [2.24, 2.45) is 5.92 Å². The Morgan fingerprint density at radius 1 is 0.917 bits per heavy atom. The zero-order valence-corrected chi connectivity index (χ0v) is 14.3. The molecule has 3 N–H and O–H groups in total. The summed E-state index contributed by atoms with van der Waals surface area (Å²) in [6.45, 7) is 3.71. The standard InChI is InChI=1S/C18H26N2O4/c1-13(2)18(23)14-9-11-15(12-10-14)19-16(21)7-5-3-4-6-8-17(22)20-24/h9-13,24H,3-8H2,1-2H3,(H,19,21)(H,20,22). The molecule has 1 aromatic carbocycles. The van der Waals surface area contributed by atoms with Crippen LogP contribution in [-0.4, -0.2) is 22.8 Å². The number of hydrogen-bond donors (Lipinski definition) is 3. The molecule has 132 valence electrons. The number of anilines is 1. The number of unbranched alkanes of at least 4 members (excludes halogenated alkanes) is 3. The minimum absolute atomic E-state index is 0.0473. The summed E-state index contributed by atoms with van der Waals surface area (Å²) in [5.41, 5.74) is 2.92. The van der Waals surface area contributed by atoms with Crippen molar-refractivity contribution < 1.29 is 19.6 Å². The number of hydrogen-bond acceptors (Lipinski definition) is 4. The van der Waals surface area contributed by atoms with Gasteiger partial charge in [-0.1, -0.05) is 26.7 Å². The molecule has 0 spiro atoms. The van der Waals surface area contributed by atoms with Crippen molar-refractivity contribution in [1.82, 2.24) is 5.48 Å². The number of rotatable bonds is 10. The fraction of sp³-hybridized carbons (Fsp3) is 0.500. The molecule has 0 heterocycles. The first kappa shape index (κ1) is 19.8. The van der Waals surface area contributed by atoms with E-state index in [4.69, 9.17) is 5.21 Å². The normalized spacial score (nSPS) is 10.5. The number of amides is 2. The highest BCUT2D eigenvalue weighted by Crippen LogP contribution is 2.14. The van der Waals surface area contributed by atoms with E-state index in [-0.39, 0.29) is 23.5 Å². The minimum Gasteiger partial charge on any atom is -0.326 e. The van der Waals surface area contributed by atoms with E-state index in [9.17, 15) is 14.4 Å². The van der Waals surface area contributed by atoms with Crippen LogP contribution in [0.25, 0.3) is 0 Å². The highest BCUT2D eigenvalue weighted by Gasteiger charge is 2.10. The van der Waals surface area contributed by atoms with Crippen molar-refractivity contribution >= 4 is 23.3 Å². The van der Waals surface area contributed by atoms with Gasteiger partial charge in [0.05, 0.1) is 0 Å². The molecule has 6 nitrogen and oxygen atoms in total. The lowest BCUT2D eigenvalue weighted by Gasteiger charge is -2.07. The number of hydroxylamine groups is 1. The van der Waals surface area contributed by atoms with Crippen molar-refractivity contribution in [3.8, 4) is 0 Å². The second-order valence-corrected chi connectivity index (χ2v) is 6.09. The lowest BCUT2D eigenvalue weighted by atomic mass is 10.0. The van der Waals surface area contributed by atoms with E-state index >= 15 is 0 Å². The third-order valence-electron chi connectivity index (χ3n) is 3.66. The number of carbonyl (C=O) groups is 3. The van der Waals surface area contributed by atoms with Gasteiger partial charge in [-0.25, -0.2) is 5.48 Å². The summed E-state index contributed by atoms with van der Waals surface area (Å²) in [5.74, 6) is -0.408. The molecule has 2 amide bonds. The van der Waals surface area contributed by atoms with Crippen LogP contribution in [0.15, 0.2) is 24.3 Å². The minimum atomic E-state index is -0.382. The van der Waals surface area contributed by atoms with Crippen LogP contribution in [-0.2, 0) is 9.59 Å². The third-order valence-corrected chi connectivity index (χ3v) is 3.66. The van der Waals surface area contributed by atoms with Gasteiger partial charge in [-0.15, -0.1) is 0 Å². The van der Waals surface area contributed by atoms with Gasteiger partial charge in [0.25, 0.3) is 0 Å². The molecule has 1 aromatic rings. The van der Waals surface area contributed by atoms with Crippen LogP contribution in [0.2, 0.25) is 0 Å². The Balaban J connectivity index is 2.25. The number of nitrogens with one attached hydrogen (secondary N) is 2. The SMILES string of the molecule is CC(C)C(=O)c1ccc(NC(=O)CCCCCCC(=O)NO)cc1. The first-order chi connectivity index (χ1) is 11.4. The maximum absolute atomic E-state index is 11.9. The van der Waals surface area contributed by atoms with Crippen molar-refractivity contribution in [1.29, 1.82) is 0 Å². The summed E-state index contributed by atoms with van der Waals surface area (Å²) < 4.78 is 0. The van der Waals surface area contributed by atoms with Gasteiger partial charge in [-0.3, -0.25) is 19.6 Å². The van der Waals surface area contributed by atoms with Gasteiger partial charge in [-0.2, -0.15) is 0 Å². The van der Waals surface area contributed by atoms with Crippen molar-refractivity contribution in [2.75, 3.05) is 5.32 Å². The maximum Gasteiger partial charge on any atom is 0.243 e. The average molecular weight is 334 g/mol. The van der Waals surface area contributed by atoms with Gasteiger partial charge in [0.1, 0.15) is 0 Å². The highest BCUT2D eigenvalue weighted by molar-refractivity contribution is 5.98. The Labute approximate surface area is 142 Å². The first-order valence-corrected chi connectivity index (χ1v) is 8.31. The van der Waals surface area contributed by atoms with Crippen molar-refractivity contribution in [3.63, 3.8) is 0 Å². The molecule has 0 saturated carbocycles. The average Bonchev–Trinajstić information content (AvgIpc) is 2.57. The summed E-state index contributed by atoms with van der Waals surface area (Å²) in [4.78, 5) is 34.5. The van der Waals surface area contributed by atoms with Crippen LogP contribution in [0.1, 0.15) is 62.7 Å². The molecule has 0 saturated heterocycles. The summed E-state index contributed by atoms with van der Waals surface area (Å²) >= 11 is 0. The summed E-state index contributed by atoms with van der Waals surface area (Å²) in [7, 11) is 0. The van der Waals surface area contributed by atoms with Gasteiger partial charge in [-0.05, 0) is 37.1 Å². The lowest BCUT2D eigenvalue weighted by molar-refractivity contribution is -0.129. The Morgan fingerprint density at radius 2 is 1.46 bits per heavy atom. The van der Waals surface area contributed by atoms with Crippen LogP contribution in [0.3, 0.4) is 0 Å². The molecule has 0 atom stereocenters. The number of Topliss-reactive ketones (excluding diaryl/α,β-unsaturated/α-hetero) is 1. The van der Waals surface area contributed by atoms with E-state index in [1.807, 2.05) is 13.8 Å². The molecule has 0 aliphatic heterocycles. The fourth-order valence-electron chi connectivity index (χ4n) is 2.26. The molecular formula is C18H26N2O4. The van der Waals surface area contributed by atoms with Gasteiger partial charge < -0.3 is 5.32 Å².